The van der Waals surface area contributed by atoms with Gasteiger partial charge in [0.1, 0.15) is 15.8 Å². The molecule has 0 radical (unpaired) electrons. The quantitative estimate of drug-likeness (QED) is 0.123. The van der Waals surface area contributed by atoms with Gasteiger partial charge < -0.3 is 11.1 Å². The molecule has 2 unspecified atom stereocenters. The van der Waals surface area contributed by atoms with Gasteiger partial charge in [-0.3, -0.25) is 9.59 Å². The Balaban J connectivity index is 1.53. The SMILES string of the molecule is Nc1c(F)ccc(CC(=O)c2cc(NC(=O)C3C(c4ccc(Br)c(C(F)(F)F)c4)C3(Cl)Cl)ccc2Cl)c1F. The molecule has 1 aliphatic rings. The monoisotopic (exact) mass is 654 g/mol. The fourth-order valence-electron chi connectivity index (χ4n) is 4.08. The maximum atomic E-state index is 14.3. The molecule has 1 fully saturated rings. The van der Waals surface area contributed by atoms with E-state index in [1.165, 1.54) is 30.3 Å². The lowest BCUT2D eigenvalue weighted by Gasteiger charge is -2.11. The van der Waals surface area contributed by atoms with Crippen molar-refractivity contribution in [1.82, 2.24) is 0 Å². The van der Waals surface area contributed by atoms with Crippen molar-refractivity contribution < 1.29 is 31.5 Å². The van der Waals surface area contributed by atoms with Crippen molar-refractivity contribution >= 4 is 73.8 Å². The molecule has 1 amide bonds. The number of ketones is 1. The minimum absolute atomic E-state index is 0.00589. The molecule has 0 aromatic heterocycles. The van der Waals surface area contributed by atoms with Crippen molar-refractivity contribution in [2.75, 3.05) is 11.1 Å². The van der Waals surface area contributed by atoms with E-state index in [0.717, 1.165) is 18.2 Å². The highest BCUT2D eigenvalue weighted by atomic mass is 79.9. The second kappa shape index (κ2) is 10.3. The molecule has 0 spiro atoms. The van der Waals surface area contributed by atoms with Crippen LogP contribution in [-0.2, 0) is 17.4 Å². The third kappa shape index (κ3) is 5.50. The van der Waals surface area contributed by atoms with Crippen molar-refractivity contribution in [3.05, 3.63) is 91.9 Å². The number of nitrogens with two attached hydrogens (primary N) is 1. The van der Waals surface area contributed by atoms with Crippen LogP contribution in [0.4, 0.5) is 33.3 Å². The summed E-state index contributed by atoms with van der Waals surface area (Å²) in [5.74, 6) is -5.40. The van der Waals surface area contributed by atoms with E-state index in [4.69, 9.17) is 40.5 Å². The van der Waals surface area contributed by atoms with Gasteiger partial charge in [-0.2, -0.15) is 13.2 Å². The topological polar surface area (TPSA) is 72.2 Å². The van der Waals surface area contributed by atoms with Crippen LogP contribution < -0.4 is 11.1 Å². The van der Waals surface area contributed by atoms with E-state index in [2.05, 4.69) is 21.2 Å². The number of halogens is 9. The molecule has 2 atom stereocenters. The van der Waals surface area contributed by atoms with Crippen LogP contribution in [0.5, 0.6) is 0 Å². The van der Waals surface area contributed by atoms with E-state index in [0.29, 0.717) is 0 Å². The third-order valence-electron chi connectivity index (χ3n) is 6.08. The maximum absolute atomic E-state index is 14.3. The van der Waals surface area contributed by atoms with Gasteiger partial charge in [-0.05, 0) is 47.5 Å². The average Bonchev–Trinajstić information content (AvgIpc) is 3.42. The zero-order chi connectivity index (χ0) is 28.2. The van der Waals surface area contributed by atoms with Gasteiger partial charge >= 0.3 is 6.18 Å². The van der Waals surface area contributed by atoms with Crippen LogP contribution in [-0.4, -0.2) is 16.0 Å². The minimum Gasteiger partial charge on any atom is -0.394 e. The van der Waals surface area contributed by atoms with E-state index in [1.807, 2.05) is 0 Å². The number of nitrogens with one attached hydrogen (secondary N) is 1. The molecule has 1 aliphatic carbocycles. The van der Waals surface area contributed by atoms with Crippen LogP contribution in [0.2, 0.25) is 5.02 Å². The summed E-state index contributed by atoms with van der Waals surface area (Å²) < 4.78 is 65.8. The Bertz CT molecular complexity index is 1470. The number of alkyl halides is 5. The Morgan fingerprint density at radius 3 is 2.39 bits per heavy atom. The number of carbonyl (C=O) groups excluding carboxylic acids is 2. The summed E-state index contributed by atoms with van der Waals surface area (Å²) in [6.07, 6.45) is -5.13. The summed E-state index contributed by atoms with van der Waals surface area (Å²) in [6.45, 7) is 0. The predicted octanol–water partition coefficient (Wildman–Crippen LogP) is 7.93. The van der Waals surface area contributed by atoms with Gasteiger partial charge in [0.05, 0.1) is 16.5 Å². The molecule has 0 heterocycles. The second-order valence-electron chi connectivity index (χ2n) is 8.58. The predicted molar refractivity (Wildman–Crippen MR) is 139 cm³/mol. The molecule has 0 aliphatic heterocycles. The highest BCUT2D eigenvalue weighted by Crippen LogP contribution is 2.65. The van der Waals surface area contributed by atoms with Gasteiger partial charge in [-0.1, -0.05) is 39.7 Å². The summed E-state index contributed by atoms with van der Waals surface area (Å²) in [5, 5.41) is 2.54. The number of rotatable bonds is 6. The minimum atomic E-state index is -4.64. The fraction of sp³-hybridized carbons (Fsp3) is 0.200. The van der Waals surface area contributed by atoms with Gasteiger partial charge in [0.2, 0.25) is 5.91 Å². The number of anilines is 2. The molecule has 1 saturated carbocycles. The van der Waals surface area contributed by atoms with Crippen LogP contribution in [0.1, 0.15) is 33.0 Å². The van der Waals surface area contributed by atoms with Gasteiger partial charge in [-0.15, -0.1) is 23.2 Å². The smallest absolute Gasteiger partial charge is 0.394 e. The molecule has 0 saturated heterocycles. The first-order chi connectivity index (χ1) is 17.6. The molecule has 38 heavy (non-hydrogen) atoms. The Morgan fingerprint density at radius 1 is 1.05 bits per heavy atom. The number of hydrogen-bond donors (Lipinski definition) is 2. The third-order valence-corrected chi connectivity index (χ3v) is 8.04. The van der Waals surface area contributed by atoms with Crippen LogP contribution in [0.3, 0.4) is 0 Å². The second-order valence-corrected chi connectivity index (χ2v) is 11.3. The lowest BCUT2D eigenvalue weighted by atomic mass is 10.0. The summed E-state index contributed by atoms with van der Waals surface area (Å²) in [4.78, 5) is 25.8. The number of Topliss-reactive ketones (excluding diaryl/α,β-unsaturated/α-hetero) is 1. The molecular weight excluding hydrogens is 642 g/mol. The lowest BCUT2D eigenvalue weighted by molar-refractivity contribution is -0.138. The summed E-state index contributed by atoms with van der Waals surface area (Å²) in [5.41, 5.74) is 3.70. The molecule has 0 bridgehead atoms. The Morgan fingerprint density at radius 2 is 1.74 bits per heavy atom. The average molecular weight is 657 g/mol. The van der Waals surface area contributed by atoms with Gasteiger partial charge in [0.25, 0.3) is 0 Å². The molecule has 3 aromatic carbocycles. The van der Waals surface area contributed by atoms with E-state index < -0.39 is 63.3 Å². The summed E-state index contributed by atoms with van der Waals surface area (Å²) >= 11 is 21.5. The normalized spacial score (nSPS) is 18.2. The number of carbonyl (C=O) groups is 2. The number of benzene rings is 3. The van der Waals surface area contributed by atoms with E-state index in [1.54, 1.807) is 0 Å². The molecule has 3 aromatic rings. The molecule has 4 nitrogen and oxygen atoms in total. The first kappa shape index (κ1) is 28.6. The molecule has 13 heteroatoms. The molecule has 4 rings (SSSR count). The van der Waals surface area contributed by atoms with Crippen LogP contribution >= 0.6 is 50.7 Å². The van der Waals surface area contributed by atoms with Crippen LogP contribution in [0.15, 0.2) is 53.0 Å². The highest BCUT2D eigenvalue weighted by Gasteiger charge is 2.67. The van der Waals surface area contributed by atoms with E-state index in [-0.39, 0.29) is 31.9 Å². The first-order valence-corrected chi connectivity index (χ1v) is 12.7. The van der Waals surface area contributed by atoms with Crippen molar-refractivity contribution in [2.45, 2.75) is 22.8 Å². The van der Waals surface area contributed by atoms with E-state index >= 15 is 0 Å². The zero-order valence-electron chi connectivity index (χ0n) is 18.8. The highest BCUT2D eigenvalue weighted by molar-refractivity contribution is 9.10. The Labute approximate surface area is 236 Å². The number of nitrogen functional groups attached to an aromatic ring is 1. The van der Waals surface area contributed by atoms with Gasteiger partial charge in [0, 0.05) is 28.1 Å². The van der Waals surface area contributed by atoms with Crippen molar-refractivity contribution in [2.24, 2.45) is 5.92 Å². The van der Waals surface area contributed by atoms with Crippen molar-refractivity contribution in [1.29, 1.82) is 0 Å². The fourth-order valence-corrected chi connectivity index (χ4v) is 5.60. The van der Waals surface area contributed by atoms with Gasteiger partial charge in [0.15, 0.2) is 11.6 Å². The summed E-state index contributed by atoms with van der Waals surface area (Å²) in [7, 11) is 0. The molecule has 200 valence electrons. The largest absolute Gasteiger partial charge is 0.417 e. The molecular formula is C25H15BrCl3F5N2O2. The van der Waals surface area contributed by atoms with Crippen molar-refractivity contribution in [3.63, 3.8) is 0 Å². The van der Waals surface area contributed by atoms with Crippen LogP contribution in [0, 0.1) is 17.6 Å². The Kier molecular flexibility index (Phi) is 7.75. The number of amides is 1. The lowest BCUT2D eigenvalue weighted by Crippen LogP contribution is -2.17. The zero-order valence-corrected chi connectivity index (χ0v) is 22.6. The summed E-state index contributed by atoms with van der Waals surface area (Å²) in [6, 6.07) is 9.43. The van der Waals surface area contributed by atoms with E-state index in [9.17, 15) is 31.5 Å². The molecule has 3 N–H and O–H groups in total. The van der Waals surface area contributed by atoms with Gasteiger partial charge in [-0.25, -0.2) is 8.78 Å². The van der Waals surface area contributed by atoms with Crippen molar-refractivity contribution in [3.8, 4) is 0 Å². The Hall–Kier alpha value is -2.40. The first-order valence-electron chi connectivity index (χ1n) is 10.7. The standard InChI is InChI=1S/C25H15BrCl3F5N2O2/c26-15-4-1-10(7-14(15)25(32,33)34)19-20(24(19,28)29)23(38)36-12-3-5-16(27)13(9-12)18(37)8-11-2-6-17(30)22(35)21(11)31/h1-7,9,19-20H,8,35H2,(H,36,38). The number of hydrogen-bond acceptors (Lipinski definition) is 3. The maximum Gasteiger partial charge on any atom is 0.417 e. The van der Waals surface area contributed by atoms with Crippen LogP contribution in [0.25, 0.3) is 0 Å².